The molecular weight excluding hydrogens is 512 g/mol. The number of amides is 1. The van der Waals surface area contributed by atoms with Crippen LogP contribution in [0.1, 0.15) is 114 Å². The van der Waals surface area contributed by atoms with Gasteiger partial charge in [-0.05, 0) is 54.5 Å². The number of nitro groups is 1. The molecule has 0 aromatic heterocycles. The third kappa shape index (κ3) is 10.7. The van der Waals surface area contributed by atoms with Gasteiger partial charge < -0.3 is 10.4 Å². The lowest BCUT2D eigenvalue weighted by Gasteiger charge is -2.22. The van der Waals surface area contributed by atoms with Gasteiger partial charge in [0, 0.05) is 24.1 Å². The fourth-order valence-corrected chi connectivity index (χ4v) is 5.32. The van der Waals surface area contributed by atoms with Crippen LogP contribution in [0, 0.1) is 10.1 Å². The van der Waals surface area contributed by atoms with E-state index >= 15 is 0 Å². The highest BCUT2D eigenvalue weighted by Crippen LogP contribution is 2.36. The van der Waals surface area contributed by atoms with E-state index in [1.54, 1.807) is 18.2 Å². The number of rotatable bonds is 19. The van der Waals surface area contributed by atoms with Crippen molar-refractivity contribution >= 4 is 22.4 Å². The van der Waals surface area contributed by atoms with E-state index in [-0.39, 0.29) is 17.3 Å². The number of carbonyl (C=O) groups is 1. The Hall–Kier alpha value is -3.67. The smallest absolute Gasteiger partial charge is 0.269 e. The highest BCUT2D eigenvalue weighted by Gasteiger charge is 2.24. The molecule has 0 aliphatic heterocycles. The standard InChI is InChI=1S/C35H46N2O4/c1-2-3-4-5-6-7-8-9-10-11-12-13-14-15-16-24-33(39)36-35(29-21-19-22-30(27-29)37(40)41)34-31-23-18-17-20-28(31)25-26-32(34)38/h9-10,17-23,25-27,35,38H,2-8,11-16,24H2,1H3,(H,36,39)/b10-9+. The molecule has 6 nitrogen and oxygen atoms in total. The molecular formula is C35H46N2O4. The van der Waals surface area contributed by atoms with Crippen molar-refractivity contribution in [2.75, 3.05) is 0 Å². The van der Waals surface area contributed by atoms with Crippen molar-refractivity contribution < 1.29 is 14.8 Å². The Morgan fingerprint density at radius 1 is 0.854 bits per heavy atom. The predicted molar refractivity (Wildman–Crippen MR) is 168 cm³/mol. The third-order valence-electron chi connectivity index (χ3n) is 7.62. The zero-order valence-electron chi connectivity index (χ0n) is 24.5. The minimum absolute atomic E-state index is 0.0431. The zero-order chi connectivity index (χ0) is 29.3. The number of benzene rings is 3. The van der Waals surface area contributed by atoms with E-state index in [1.165, 1.54) is 63.5 Å². The first kappa shape index (κ1) is 31.9. The number of carbonyl (C=O) groups excluding carboxylic acids is 1. The molecule has 0 saturated carbocycles. The topological polar surface area (TPSA) is 92.5 Å². The number of unbranched alkanes of at least 4 members (excludes halogenated alkanes) is 11. The van der Waals surface area contributed by atoms with Crippen LogP contribution in [0.5, 0.6) is 5.75 Å². The number of hydrogen-bond donors (Lipinski definition) is 2. The van der Waals surface area contributed by atoms with Crippen molar-refractivity contribution in [2.24, 2.45) is 0 Å². The molecule has 0 fully saturated rings. The first-order chi connectivity index (χ1) is 20.0. The van der Waals surface area contributed by atoms with E-state index in [4.69, 9.17) is 0 Å². The second kappa shape index (κ2) is 17.9. The van der Waals surface area contributed by atoms with Gasteiger partial charge in [0.15, 0.2) is 0 Å². The Labute approximate surface area is 245 Å². The van der Waals surface area contributed by atoms with Crippen LogP contribution in [0.15, 0.2) is 72.8 Å². The molecule has 41 heavy (non-hydrogen) atoms. The summed E-state index contributed by atoms with van der Waals surface area (Å²) in [7, 11) is 0. The van der Waals surface area contributed by atoms with Gasteiger partial charge in [0.25, 0.3) is 5.69 Å². The fourth-order valence-electron chi connectivity index (χ4n) is 5.32. The van der Waals surface area contributed by atoms with Gasteiger partial charge in [-0.1, -0.05) is 113 Å². The van der Waals surface area contributed by atoms with E-state index in [0.717, 1.165) is 42.9 Å². The fraction of sp³-hybridized carbons (Fsp3) is 0.457. The Kier molecular flexibility index (Phi) is 13.9. The van der Waals surface area contributed by atoms with Crippen LogP contribution in [0.25, 0.3) is 10.8 Å². The van der Waals surface area contributed by atoms with Crippen LogP contribution in [0.4, 0.5) is 5.69 Å². The summed E-state index contributed by atoms with van der Waals surface area (Å²) in [5, 5.41) is 27.1. The van der Waals surface area contributed by atoms with Gasteiger partial charge in [-0.2, -0.15) is 0 Å². The third-order valence-corrected chi connectivity index (χ3v) is 7.62. The Balaban J connectivity index is 1.48. The maximum absolute atomic E-state index is 13.1. The molecule has 0 radical (unpaired) electrons. The summed E-state index contributed by atoms with van der Waals surface area (Å²) in [4.78, 5) is 24.1. The molecule has 0 spiro atoms. The first-order valence-corrected chi connectivity index (χ1v) is 15.4. The van der Waals surface area contributed by atoms with Crippen LogP contribution in [-0.2, 0) is 4.79 Å². The Morgan fingerprint density at radius 2 is 1.51 bits per heavy atom. The van der Waals surface area contributed by atoms with E-state index in [0.29, 0.717) is 17.5 Å². The van der Waals surface area contributed by atoms with Crippen LogP contribution in [0.3, 0.4) is 0 Å². The summed E-state index contributed by atoms with van der Waals surface area (Å²) in [6.07, 6.45) is 20.5. The molecule has 0 aliphatic rings. The lowest BCUT2D eigenvalue weighted by atomic mass is 9.92. The molecule has 2 N–H and O–H groups in total. The number of fused-ring (bicyclic) bond motifs is 1. The number of aromatic hydroxyl groups is 1. The minimum atomic E-state index is -0.711. The Morgan fingerprint density at radius 3 is 2.22 bits per heavy atom. The van der Waals surface area contributed by atoms with Gasteiger partial charge in [-0.15, -0.1) is 0 Å². The van der Waals surface area contributed by atoms with Gasteiger partial charge in [0.2, 0.25) is 5.91 Å². The Bertz CT molecular complexity index is 1270. The lowest BCUT2D eigenvalue weighted by molar-refractivity contribution is -0.384. The van der Waals surface area contributed by atoms with E-state index in [1.807, 2.05) is 30.3 Å². The van der Waals surface area contributed by atoms with Crippen molar-refractivity contribution in [1.29, 1.82) is 0 Å². The second-order valence-corrected chi connectivity index (χ2v) is 10.9. The molecule has 220 valence electrons. The van der Waals surface area contributed by atoms with Gasteiger partial charge in [0.05, 0.1) is 11.0 Å². The molecule has 0 aliphatic carbocycles. The highest BCUT2D eigenvalue weighted by atomic mass is 16.6. The zero-order valence-corrected chi connectivity index (χ0v) is 24.5. The monoisotopic (exact) mass is 558 g/mol. The van der Waals surface area contributed by atoms with Crippen LogP contribution >= 0.6 is 0 Å². The molecule has 3 aromatic carbocycles. The minimum Gasteiger partial charge on any atom is -0.508 e. The van der Waals surface area contributed by atoms with Crippen molar-refractivity contribution in [1.82, 2.24) is 5.32 Å². The second-order valence-electron chi connectivity index (χ2n) is 10.9. The van der Waals surface area contributed by atoms with Crippen molar-refractivity contribution in [3.8, 4) is 5.75 Å². The predicted octanol–water partition coefficient (Wildman–Crippen LogP) is 9.70. The molecule has 1 amide bonds. The maximum atomic E-state index is 13.1. The summed E-state index contributed by atoms with van der Waals surface area (Å²) >= 11 is 0. The molecule has 0 heterocycles. The van der Waals surface area contributed by atoms with E-state index < -0.39 is 11.0 Å². The first-order valence-electron chi connectivity index (χ1n) is 15.4. The summed E-state index contributed by atoms with van der Waals surface area (Å²) in [6, 6.07) is 16.6. The van der Waals surface area contributed by atoms with E-state index in [9.17, 15) is 20.0 Å². The molecule has 3 rings (SSSR count). The van der Waals surface area contributed by atoms with Crippen LogP contribution in [0.2, 0.25) is 0 Å². The maximum Gasteiger partial charge on any atom is 0.269 e. The number of hydrogen-bond acceptors (Lipinski definition) is 4. The number of non-ortho nitro benzene ring substituents is 1. The van der Waals surface area contributed by atoms with Crippen LogP contribution < -0.4 is 5.32 Å². The number of allylic oxidation sites excluding steroid dienone is 2. The molecule has 0 saturated heterocycles. The molecule has 3 aromatic rings. The number of phenolic OH excluding ortho intramolecular Hbond substituents is 1. The summed E-state index contributed by atoms with van der Waals surface area (Å²) in [5.41, 5.74) is 1.05. The average molecular weight is 559 g/mol. The largest absolute Gasteiger partial charge is 0.508 e. The summed E-state index contributed by atoms with van der Waals surface area (Å²) in [6.45, 7) is 2.25. The van der Waals surface area contributed by atoms with Gasteiger partial charge in [-0.25, -0.2) is 0 Å². The molecule has 0 bridgehead atoms. The number of nitro benzene ring substituents is 1. The van der Waals surface area contributed by atoms with Gasteiger partial charge in [-0.3, -0.25) is 14.9 Å². The number of nitrogens with one attached hydrogen (secondary N) is 1. The SMILES string of the molecule is CCCCCCCC/C=C/CCCCCCCC(=O)NC(c1cccc([N+](=O)[O-])c1)c1c(O)ccc2ccccc12. The quantitative estimate of drug-likeness (QED) is 0.0663. The average Bonchev–Trinajstić information content (AvgIpc) is 2.98. The van der Waals surface area contributed by atoms with Crippen molar-refractivity contribution in [3.05, 3.63) is 94.1 Å². The lowest BCUT2D eigenvalue weighted by Crippen LogP contribution is -2.29. The number of nitrogens with zero attached hydrogens (tertiary/aromatic N) is 1. The number of phenols is 1. The molecule has 1 unspecified atom stereocenters. The normalized spacial score (nSPS) is 12.1. The summed E-state index contributed by atoms with van der Waals surface area (Å²) < 4.78 is 0. The summed E-state index contributed by atoms with van der Waals surface area (Å²) in [5.74, 6) is -0.0898. The van der Waals surface area contributed by atoms with E-state index in [2.05, 4.69) is 24.4 Å². The van der Waals surface area contributed by atoms with Gasteiger partial charge in [0.1, 0.15) is 5.75 Å². The van der Waals surface area contributed by atoms with Crippen molar-refractivity contribution in [2.45, 2.75) is 103 Å². The van der Waals surface area contributed by atoms with Crippen LogP contribution in [-0.4, -0.2) is 15.9 Å². The molecule has 1 atom stereocenters. The highest BCUT2D eigenvalue weighted by molar-refractivity contribution is 5.89. The molecule has 6 heteroatoms. The van der Waals surface area contributed by atoms with Gasteiger partial charge >= 0.3 is 0 Å². The van der Waals surface area contributed by atoms with Crippen molar-refractivity contribution in [3.63, 3.8) is 0 Å².